The number of piperazine rings is 1. The van der Waals surface area contributed by atoms with Crippen LogP contribution < -0.4 is 14.8 Å². The Balaban J connectivity index is 1.49. The van der Waals surface area contributed by atoms with Gasteiger partial charge in [-0.25, -0.2) is 0 Å². The number of ether oxygens (including phenoxy) is 2. The molecule has 1 aromatic carbocycles. The molecular weight excluding hydrogens is 314 g/mol. The van der Waals surface area contributed by atoms with E-state index in [4.69, 9.17) is 9.47 Å². The summed E-state index contributed by atoms with van der Waals surface area (Å²) in [7, 11) is 0. The lowest BCUT2D eigenvalue weighted by Crippen LogP contribution is -2.52. The Kier molecular flexibility index (Phi) is 4.54. The van der Waals surface area contributed by atoms with E-state index in [-0.39, 0.29) is 31.1 Å². The molecule has 0 atom stereocenters. The molecule has 0 bridgehead atoms. The zero-order valence-electron chi connectivity index (χ0n) is 13.4. The molecule has 0 radical (unpaired) electrons. The van der Waals surface area contributed by atoms with Crippen LogP contribution in [0.2, 0.25) is 0 Å². The lowest BCUT2D eigenvalue weighted by Gasteiger charge is -2.34. The summed E-state index contributed by atoms with van der Waals surface area (Å²) < 4.78 is 10.4. The van der Waals surface area contributed by atoms with Crippen molar-refractivity contribution < 1.29 is 23.9 Å². The van der Waals surface area contributed by atoms with Gasteiger partial charge in [-0.2, -0.15) is 0 Å². The fourth-order valence-corrected chi connectivity index (χ4v) is 2.68. The molecule has 2 heterocycles. The van der Waals surface area contributed by atoms with Gasteiger partial charge in [0, 0.05) is 38.7 Å². The van der Waals surface area contributed by atoms with Crippen LogP contribution in [0.3, 0.4) is 0 Å². The van der Waals surface area contributed by atoms with Gasteiger partial charge in [0.05, 0.1) is 6.54 Å². The van der Waals surface area contributed by atoms with Crippen LogP contribution in [0.25, 0.3) is 0 Å². The third kappa shape index (κ3) is 3.42. The number of nitrogens with zero attached hydrogens (tertiary/aromatic N) is 2. The van der Waals surface area contributed by atoms with Crippen LogP contribution >= 0.6 is 0 Å². The van der Waals surface area contributed by atoms with E-state index in [1.54, 1.807) is 28.0 Å². The highest BCUT2D eigenvalue weighted by atomic mass is 16.7. The van der Waals surface area contributed by atoms with Gasteiger partial charge in [0.25, 0.3) is 5.91 Å². The van der Waals surface area contributed by atoms with E-state index < -0.39 is 0 Å². The third-order valence-corrected chi connectivity index (χ3v) is 4.11. The number of hydrogen-bond donors (Lipinski definition) is 1. The van der Waals surface area contributed by atoms with Crippen molar-refractivity contribution >= 4 is 17.7 Å². The van der Waals surface area contributed by atoms with Crippen molar-refractivity contribution in [2.75, 3.05) is 39.5 Å². The predicted octanol–water partition coefficient (Wildman–Crippen LogP) is -0.164. The highest BCUT2D eigenvalue weighted by molar-refractivity contribution is 5.97. The SMILES string of the molecule is CC(=O)N1CCN(C(=O)CNC(=O)c2ccc3c(c2)OCO3)CC1. The summed E-state index contributed by atoms with van der Waals surface area (Å²) in [6.07, 6.45) is 0. The zero-order valence-corrected chi connectivity index (χ0v) is 13.4. The number of amides is 3. The summed E-state index contributed by atoms with van der Waals surface area (Å²) in [6.45, 7) is 3.60. The van der Waals surface area contributed by atoms with Crippen LogP contribution in [-0.2, 0) is 9.59 Å². The van der Waals surface area contributed by atoms with E-state index >= 15 is 0 Å². The first kappa shape index (κ1) is 16.1. The first-order valence-electron chi connectivity index (χ1n) is 7.76. The lowest BCUT2D eigenvalue weighted by atomic mass is 10.2. The number of carbonyl (C=O) groups excluding carboxylic acids is 3. The van der Waals surface area contributed by atoms with Crippen LogP contribution in [-0.4, -0.2) is 67.0 Å². The van der Waals surface area contributed by atoms with E-state index in [1.807, 2.05) is 0 Å². The first-order valence-corrected chi connectivity index (χ1v) is 7.76. The molecule has 1 saturated heterocycles. The van der Waals surface area contributed by atoms with Crippen molar-refractivity contribution in [3.05, 3.63) is 23.8 Å². The molecule has 1 aromatic rings. The molecule has 3 rings (SSSR count). The van der Waals surface area contributed by atoms with Gasteiger partial charge in [-0.15, -0.1) is 0 Å². The molecule has 8 heteroatoms. The van der Waals surface area contributed by atoms with Crippen LogP contribution in [0.1, 0.15) is 17.3 Å². The van der Waals surface area contributed by atoms with Crippen molar-refractivity contribution in [3.63, 3.8) is 0 Å². The average molecular weight is 333 g/mol. The fourth-order valence-electron chi connectivity index (χ4n) is 2.68. The minimum Gasteiger partial charge on any atom is -0.454 e. The maximum Gasteiger partial charge on any atom is 0.251 e. The second-order valence-corrected chi connectivity index (χ2v) is 5.64. The van der Waals surface area contributed by atoms with Gasteiger partial charge in [0.15, 0.2) is 11.5 Å². The summed E-state index contributed by atoms with van der Waals surface area (Å²) in [4.78, 5) is 38.9. The zero-order chi connectivity index (χ0) is 17.1. The second-order valence-electron chi connectivity index (χ2n) is 5.64. The molecule has 3 amide bonds. The molecule has 8 nitrogen and oxygen atoms in total. The average Bonchev–Trinajstić information content (AvgIpc) is 3.07. The third-order valence-electron chi connectivity index (χ3n) is 4.11. The monoisotopic (exact) mass is 333 g/mol. The topological polar surface area (TPSA) is 88.2 Å². The molecule has 0 spiro atoms. The lowest BCUT2D eigenvalue weighted by molar-refractivity contribution is -0.137. The molecule has 2 aliphatic rings. The molecule has 128 valence electrons. The van der Waals surface area contributed by atoms with Crippen molar-refractivity contribution in [1.82, 2.24) is 15.1 Å². The Labute approximate surface area is 139 Å². The van der Waals surface area contributed by atoms with Gasteiger partial charge in [-0.1, -0.05) is 0 Å². The Bertz CT molecular complexity index is 668. The predicted molar refractivity (Wildman–Crippen MR) is 83.7 cm³/mol. The van der Waals surface area contributed by atoms with Crippen LogP contribution in [0.5, 0.6) is 11.5 Å². The summed E-state index contributed by atoms with van der Waals surface area (Å²) in [5, 5.41) is 2.61. The van der Waals surface area contributed by atoms with Crippen molar-refractivity contribution in [3.8, 4) is 11.5 Å². The van der Waals surface area contributed by atoms with Gasteiger partial charge in [-0.05, 0) is 18.2 Å². The number of benzene rings is 1. The van der Waals surface area contributed by atoms with Crippen molar-refractivity contribution in [2.24, 2.45) is 0 Å². The standard InChI is InChI=1S/C16H19N3O5/c1-11(20)18-4-6-19(7-5-18)15(21)9-17-16(22)12-2-3-13-14(8-12)24-10-23-13/h2-3,8H,4-7,9-10H2,1H3,(H,17,22). The molecule has 0 unspecified atom stereocenters. The molecule has 1 fully saturated rings. The van der Waals surface area contributed by atoms with E-state index in [0.29, 0.717) is 43.2 Å². The molecule has 1 N–H and O–H groups in total. The smallest absolute Gasteiger partial charge is 0.251 e. The fraction of sp³-hybridized carbons (Fsp3) is 0.438. The van der Waals surface area contributed by atoms with Gasteiger partial charge in [0.1, 0.15) is 0 Å². The number of fused-ring (bicyclic) bond motifs is 1. The maximum absolute atomic E-state index is 12.2. The highest BCUT2D eigenvalue weighted by Gasteiger charge is 2.23. The van der Waals surface area contributed by atoms with Crippen LogP contribution in [0.4, 0.5) is 0 Å². The normalized spacial score (nSPS) is 16.0. The van der Waals surface area contributed by atoms with Crippen LogP contribution in [0.15, 0.2) is 18.2 Å². The number of hydrogen-bond acceptors (Lipinski definition) is 5. The Hall–Kier alpha value is -2.77. The van der Waals surface area contributed by atoms with Gasteiger partial charge < -0.3 is 24.6 Å². The minimum atomic E-state index is -0.343. The van der Waals surface area contributed by atoms with E-state index in [0.717, 1.165) is 0 Å². The quantitative estimate of drug-likeness (QED) is 0.830. The van der Waals surface area contributed by atoms with Crippen molar-refractivity contribution in [1.29, 1.82) is 0 Å². The van der Waals surface area contributed by atoms with Gasteiger partial charge in [0.2, 0.25) is 18.6 Å². The van der Waals surface area contributed by atoms with Crippen molar-refractivity contribution in [2.45, 2.75) is 6.92 Å². The molecular formula is C16H19N3O5. The number of nitrogens with one attached hydrogen (secondary N) is 1. The summed E-state index contributed by atoms with van der Waals surface area (Å²) >= 11 is 0. The molecule has 0 aromatic heterocycles. The summed E-state index contributed by atoms with van der Waals surface area (Å²) in [6, 6.07) is 4.88. The second kappa shape index (κ2) is 6.77. The first-order chi connectivity index (χ1) is 11.5. The highest BCUT2D eigenvalue weighted by Crippen LogP contribution is 2.32. The maximum atomic E-state index is 12.2. The Morgan fingerprint density at radius 1 is 1.04 bits per heavy atom. The molecule has 24 heavy (non-hydrogen) atoms. The summed E-state index contributed by atoms with van der Waals surface area (Å²) in [5.74, 6) is 0.634. The van der Waals surface area contributed by atoms with E-state index in [2.05, 4.69) is 5.32 Å². The van der Waals surface area contributed by atoms with Crippen LogP contribution in [0, 0.1) is 0 Å². The number of carbonyl (C=O) groups is 3. The molecule has 0 aliphatic carbocycles. The minimum absolute atomic E-state index is 0.0122. The Morgan fingerprint density at radius 3 is 2.42 bits per heavy atom. The Morgan fingerprint density at radius 2 is 1.71 bits per heavy atom. The van der Waals surface area contributed by atoms with Gasteiger partial charge >= 0.3 is 0 Å². The molecule has 2 aliphatic heterocycles. The largest absolute Gasteiger partial charge is 0.454 e. The van der Waals surface area contributed by atoms with E-state index in [9.17, 15) is 14.4 Å². The summed E-state index contributed by atoms with van der Waals surface area (Å²) in [5.41, 5.74) is 0.411. The molecule has 0 saturated carbocycles. The van der Waals surface area contributed by atoms with E-state index in [1.165, 1.54) is 6.92 Å². The van der Waals surface area contributed by atoms with Gasteiger partial charge in [-0.3, -0.25) is 14.4 Å². The number of rotatable bonds is 3.